The van der Waals surface area contributed by atoms with Crippen molar-refractivity contribution in [2.75, 3.05) is 6.61 Å². The van der Waals surface area contributed by atoms with Crippen molar-refractivity contribution in [1.82, 2.24) is 20.1 Å². The maximum Gasteiger partial charge on any atom is 0.263 e. The number of carbonyl (C=O) groups is 1. The molecule has 2 atom stereocenters. The predicted octanol–water partition coefficient (Wildman–Crippen LogP) is 2.30. The van der Waals surface area contributed by atoms with Gasteiger partial charge in [-0.2, -0.15) is 0 Å². The molecule has 6 nitrogen and oxygen atoms in total. The molecule has 1 amide bonds. The van der Waals surface area contributed by atoms with E-state index < -0.39 is 0 Å². The number of carbonyl (C=O) groups excluding carboxylic acids is 1. The molecule has 118 valence electrons. The lowest BCUT2D eigenvalue weighted by atomic mass is 9.97. The van der Waals surface area contributed by atoms with Gasteiger partial charge in [0, 0.05) is 17.1 Å². The van der Waals surface area contributed by atoms with E-state index in [1.54, 1.807) is 18.2 Å². The van der Waals surface area contributed by atoms with E-state index in [2.05, 4.69) is 24.2 Å². The van der Waals surface area contributed by atoms with Crippen LogP contribution in [0, 0.1) is 0 Å². The first kappa shape index (κ1) is 15.1. The summed E-state index contributed by atoms with van der Waals surface area (Å²) in [6, 6.07) is 5.73. The normalized spacial score (nSPS) is 22.0. The van der Waals surface area contributed by atoms with Crippen molar-refractivity contribution in [3.8, 4) is 0 Å². The third-order valence-electron chi connectivity index (χ3n) is 4.17. The molecule has 7 heteroatoms. The summed E-state index contributed by atoms with van der Waals surface area (Å²) >= 11 is 5.97. The van der Waals surface area contributed by atoms with E-state index in [-0.39, 0.29) is 24.6 Å². The lowest BCUT2D eigenvalue weighted by Gasteiger charge is -2.38. The van der Waals surface area contributed by atoms with Gasteiger partial charge < -0.3 is 9.74 Å². The predicted molar refractivity (Wildman–Crippen MR) is 83.6 cm³/mol. The minimum absolute atomic E-state index is 0.0228. The molecule has 0 unspecified atom stereocenters. The fourth-order valence-corrected chi connectivity index (χ4v) is 3.24. The number of aromatic nitrogens is 3. The fraction of sp³-hybridized carbons (Fsp3) is 0.533. The molecule has 0 saturated carbocycles. The highest BCUT2D eigenvalue weighted by molar-refractivity contribution is 6.31. The average Bonchev–Trinajstić information content (AvgIpc) is 2.87. The van der Waals surface area contributed by atoms with Crippen LogP contribution < -0.4 is 4.84 Å². The number of hydrogen-bond donors (Lipinski definition) is 0. The number of piperidine rings is 1. The molecule has 1 aromatic heterocycles. The minimum Gasteiger partial charge on any atom is -0.385 e. The average molecular weight is 323 g/mol. The summed E-state index contributed by atoms with van der Waals surface area (Å²) in [5.74, 6) is -0.0228. The van der Waals surface area contributed by atoms with Crippen LogP contribution in [0.25, 0.3) is 11.0 Å². The number of nitrogens with zero attached hydrogens (tertiary/aromatic N) is 4. The first-order valence-corrected chi connectivity index (χ1v) is 7.89. The summed E-state index contributed by atoms with van der Waals surface area (Å²) < 4.78 is 0. The zero-order valence-corrected chi connectivity index (χ0v) is 13.5. The second-order valence-corrected chi connectivity index (χ2v) is 6.24. The van der Waals surface area contributed by atoms with Crippen LogP contribution in [0.2, 0.25) is 5.02 Å². The number of halogens is 1. The third-order valence-corrected chi connectivity index (χ3v) is 4.40. The van der Waals surface area contributed by atoms with Crippen LogP contribution in [0.1, 0.15) is 33.1 Å². The monoisotopic (exact) mass is 322 g/mol. The molecule has 2 aromatic rings. The molecule has 1 fully saturated rings. The molecule has 0 aliphatic carbocycles. The smallest absolute Gasteiger partial charge is 0.263 e. The van der Waals surface area contributed by atoms with Crippen LogP contribution in [0.5, 0.6) is 0 Å². The Morgan fingerprint density at radius 1 is 1.36 bits per heavy atom. The zero-order valence-electron chi connectivity index (χ0n) is 12.7. The summed E-state index contributed by atoms with van der Waals surface area (Å²) in [6.07, 6.45) is 3.25. The van der Waals surface area contributed by atoms with Crippen LogP contribution in [-0.4, -0.2) is 44.7 Å². The zero-order chi connectivity index (χ0) is 15.7. The molecule has 1 saturated heterocycles. The summed E-state index contributed by atoms with van der Waals surface area (Å²) in [7, 11) is 0. The SMILES string of the molecule is C[C@@H]1CCC[C@H](C)N1C(=O)COn1nnc2ccc(Cl)cc21. The van der Waals surface area contributed by atoms with Gasteiger partial charge in [-0.25, -0.2) is 0 Å². The number of fused-ring (bicyclic) bond motifs is 1. The Hall–Kier alpha value is -1.82. The van der Waals surface area contributed by atoms with Crippen molar-refractivity contribution in [2.45, 2.75) is 45.2 Å². The summed E-state index contributed by atoms with van der Waals surface area (Å²) in [5.41, 5.74) is 1.33. The Morgan fingerprint density at radius 3 is 2.82 bits per heavy atom. The Bertz CT molecular complexity index is 677. The maximum absolute atomic E-state index is 12.4. The van der Waals surface area contributed by atoms with E-state index in [9.17, 15) is 4.79 Å². The van der Waals surface area contributed by atoms with E-state index in [1.807, 2.05) is 4.90 Å². The van der Waals surface area contributed by atoms with Gasteiger partial charge in [0.2, 0.25) is 0 Å². The van der Waals surface area contributed by atoms with Gasteiger partial charge in [0.25, 0.3) is 5.91 Å². The van der Waals surface area contributed by atoms with Gasteiger partial charge in [-0.05, 0) is 56.5 Å². The standard InChI is InChI=1S/C15H19ClN4O2/c1-10-4-3-5-11(2)19(10)15(21)9-22-20-14-8-12(16)6-7-13(14)17-18-20/h6-8,10-11H,3-5,9H2,1-2H3/t10-,11+. The highest BCUT2D eigenvalue weighted by atomic mass is 35.5. The van der Waals surface area contributed by atoms with E-state index in [0.29, 0.717) is 16.1 Å². The quantitative estimate of drug-likeness (QED) is 0.870. The van der Waals surface area contributed by atoms with E-state index >= 15 is 0 Å². The third kappa shape index (κ3) is 2.88. The molecule has 0 radical (unpaired) electrons. The van der Waals surface area contributed by atoms with E-state index in [0.717, 1.165) is 12.8 Å². The summed E-state index contributed by atoms with van der Waals surface area (Å²) in [4.78, 5) is 21.1. The fourth-order valence-electron chi connectivity index (χ4n) is 3.07. The molecule has 1 aromatic carbocycles. The van der Waals surface area contributed by atoms with Gasteiger partial charge in [0.15, 0.2) is 6.61 Å². The van der Waals surface area contributed by atoms with Crippen molar-refractivity contribution in [3.63, 3.8) is 0 Å². The van der Waals surface area contributed by atoms with Crippen molar-refractivity contribution in [2.24, 2.45) is 0 Å². The van der Waals surface area contributed by atoms with Crippen LogP contribution in [-0.2, 0) is 4.79 Å². The van der Waals surface area contributed by atoms with Gasteiger partial charge >= 0.3 is 0 Å². The lowest BCUT2D eigenvalue weighted by molar-refractivity contribution is -0.142. The van der Waals surface area contributed by atoms with Gasteiger partial charge in [-0.3, -0.25) is 4.79 Å². The van der Waals surface area contributed by atoms with Crippen LogP contribution in [0.3, 0.4) is 0 Å². The van der Waals surface area contributed by atoms with E-state index in [4.69, 9.17) is 16.4 Å². The molecule has 1 aliphatic rings. The Balaban J connectivity index is 1.71. The Morgan fingerprint density at radius 2 is 2.09 bits per heavy atom. The molecule has 1 aliphatic heterocycles. The number of hydrogen-bond acceptors (Lipinski definition) is 4. The van der Waals surface area contributed by atoms with Crippen LogP contribution in [0.15, 0.2) is 18.2 Å². The van der Waals surface area contributed by atoms with Crippen molar-refractivity contribution in [3.05, 3.63) is 23.2 Å². The van der Waals surface area contributed by atoms with Gasteiger partial charge in [-0.15, -0.1) is 5.10 Å². The highest BCUT2D eigenvalue weighted by Gasteiger charge is 2.29. The maximum atomic E-state index is 12.4. The molecule has 3 rings (SSSR count). The second-order valence-electron chi connectivity index (χ2n) is 5.80. The second kappa shape index (κ2) is 6.12. The molecule has 22 heavy (non-hydrogen) atoms. The number of likely N-dealkylation sites (tertiary alicyclic amines) is 1. The minimum atomic E-state index is -0.0559. The summed E-state index contributed by atoms with van der Waals surface area (Å²) in [5, 5.41) is 8.46. The van der Waals surface area contributed by atoms with Gasteiger partial charge in [-0.1, -0.05) is 16.4 Å². The van der Waals surface area contributed by atoms with Crippen molar-refractivity contribution in [1.29, 1.82) is 0 Å². The summed E-state index contributed by atoms with van der Waals surface area (Å²) in [6.45, 7) is 4.11. The number of amides is 1. The molecule has 0 bridgehead atoms. The molecule has 0 N–H and O–H groups in total. The van der Waals surface area contributed by atoms with Crippen LogP contribution in [0.4, 0.5) is 0 Å². The van der Waals surface area contributed by atoms with E-state index in [1.165, 1.54) is 11.3 Å². The molecular weight excluding hydrogens is 304 g/mol. The first-order chi connectivity index (χ1) is 10.6. The largest absolute Gasteiger partial charge is 0.385 e. The molecule has 0 spiro atoms. The lowest BCUT2D eigenvalue weighted by Crippen LogP contribution is -2.49. The Kier molecular flexibility index (Phi) is 4.20. The van der Waals surface area contributed by atoms with Crippen LogP contribution >= 0.6 is 11.6 Å². The van der Waals surface area contributed by atoms with Gasteiger partial charge in [0.1, 0.15) is 11.0 Å². The highest BCUT2D eigenvalue weighted by Crippen LogP contribution is 2.22. The topological polar surface area (TPSA) is 60.2 Å². The van der Waals surface area contributed by atoms with Crippen molar-refractivity contribution >= 4 is 28.5 Å². The molecular formula is C15H19ClN4O2. The van der Waals surface area contributed by atoms with Gasteiger partial charge in [0.05, 0.1) is 0 Å². The Labute approximate surface area is 133 Å². The molecule has 2 heterocycles. The number of rotatable bonds is 3. The number of benzene rings is 1. The van der Waals surface area contributed by atoms with Crippen molar-refractivity contribution < 1.29 is 9.63 Å². The first-order valence-electron chi connectivity index (χ1n) is 7.51.